The van der Waals surface area contributed by atoms with Gasteiger partial charge in [0.25, 0.3) is 0 Å². The molecular weight excluding hydrogens is 437 g/mol. The fourth-order valence-electron chi connectivity index (χ4n) is 2.87. The van der Waals surface area contributed by atoms with Gasteiger partial charge in [-0.2, -0.15) is 13.2 Å². The largest absolute Gasteiger partial charge is 0.416 e. The number of carbonyl (C=O) groups excluding carboxylic acids is 1. The molecule has 5 nitrogen and oxygen atoms in total. The molecule has 10 heteroatoms. The lowest BCUT2D eigenvalue weighted by atomic mass is 10.1. The molecule has 3 aromatic rings. The Balaban J connectivity index is 1.93. The van der Waals surface area contributed by atoms with E-state index < -0.39 is 17.8 Å². The highest BCUT2D eigenvalue weighted by atomic mass is 35.5. The van der Waals surface area contributed by atoms with Crippen molar-refractivity contribution < 1.29 is 18.0 Å². The molecule has 2 aromatic carbocycles. The summed E-state index contributed by atoms with van der Waals surface area (Å²) in [4.78, 5) is 11.5. The Morgan fingerprint density at radius 3 is 2.60 bits per heavy atom. The van der Waals surface area contributed by atoms with Gasteiger partial charge in [0.05, 0.1) is 17.3 Å². The molecule has 0 aliphatic rings. The number of benzene rings is 2. The van der Waals surface area contributed by atoms with Gasteiger partial charge in [0.1, 0.15) is 0 Å². The molecule has 0 aliphatic carbocycles. The third kappa shape index (κ3) is 5.34. The summed E-state index contributed by atoms with van der Waals surface area (Å²) in [5.74, 6) is 0.525. The molecule has 1 atom stereocenters. The fraction of sp³-hybridized carbons (Fsp3) is 0.250. The Bertz CT molecular complexity index is 1050. The van der Waals surface area contributed by atoms with Gasteiger partial charge in [-0.3, -0.25) is 9.36 Å². The first-order chi connectivity index (χ1) is 14.1. The van der Waals surface area contributed by atoms with Gasteiger partial charge in [-0.25, -0.2) is 0 Å². The van der Waals surface area contributed by atoms with E-state index >= 15 is 0 Å². The number of nitrogens with zero attached hydrogens (tertiary/aromatic N) is 3. The van der Waals surface area contributed by atoms with E-state index in [0.717, 1.165) is 12.1 Å². The zero-order chi connectivity index (χ0) is 21.9. The Hall–Kier alpha value is -2.52. The van der Waals surface area contributed by atoms with Crippen molar-refractivity contribution in [3.8, 4) is 5.69 Å². The topological polar surface area (TPSA) is 59.8 Å². The van der Waals surface area contributed by atoms with Crippen molar-refractivity contribution >= 4 is 29.3 Å². The minimum Gasteiger partial charge on any atom is -0.347 e. The minimum absolute atomic E-state index is 0.221. The van der Waals surface area contributed by atoms with Crippen LogP contribution in [0.2, 0.25) is 5.02 Å². The van der Waals surface area contributed by atoms with Crippen LogP contribution in [0.15, 0.2) is 53.7 Å². The summed E-state index contributed by atoms with van der Waals surface area (Å²) in [6, 6.07) is 11.8. The van der Waals surface area contributed by atoms with E-state index in [0.29, 0.717) is 27.3 Å². The van der Waals surface area contributed by atoms with Crippen molar-refractivity contribution in [2.24, 2.45) is 0 Å². The number of alkyl halides is 3. The first-order valence-electron chi connectivity index (χ1n) is 8.92. The molecule has 1 amide bonds. The maximum Gasteiger partial charge on any atom is 0.416 e. The van der Waals surface area contributed by atoms with Crippen LogP contribution in [0.5, 0.6) is 0 Å². The average Bonchev–Trinajstić information content (AvgIpc) is 3.09. The van der Waals surface area contributed by atoms with Gasteiger partial charge in [0.2, 0.25) is 5.91 Å². The number of amides is 1. The smallest absolute Gasteiger partial charge is 0.347 e. The fourth-order valence-corrected chi connectivity index (χ4v) is 3.95. The number of hydrogen-bond donors (Lipinski definition) is 1. The Morgan fingerprint density at radius 1 is 1.20 bits per heavy atom. The average molecular weight is 455 g/mol. The number of carbonyl (C=O) groups is 1. The summed E-state index contributed by atoms with van der Waals surface area (Å²) in [7, 11) is 0. The number of aromatic nitrogens is 3. The standard InChI is InChI=1S/C20H18ClF3N4OS/c1-12(25-13(2)29)18-26-27-19(28(18)17-8-4-7-16(21)10-17)30-11-14-5-3-6-15(9-14)20(22,23)24/h3-10,12H,11H2,1-2H3,(H,25,29). The summed E-state index contributed by atoms with van der Waals surface area (Å²) < 4.78 is 40.7. The van der Waals surface area contributed by atoms with Crippen LogP contribution in [0.1, 0.15) is 36.8 Å². The zero-order valence-corrected chi connectivity index (χ0v) is 17.6. The predicted octanol–water partition coefficient (Wildman–Crippen LogP) is 5.43. The lowest BCUT2D eigenvalue weighted by Gasteiger charge is -2.15. The van der Waals surface area contributed by atoms with Crippen LogP contribution in [-0.2, 0) is 16.7 Å². The van der Waals surface area contributed by atoms with Crippen LogP contribution in [-0.4, -0.2) is 20.7 Å². The first-order valence-corrected chi connectivity index (χ1v) is 10.3. The molecule has 0 aliphatic heterocycles. The molecule has 0 fully saturated rings. The maximum absolute atomic E-state index is 13.0. The molecule has 1 heterocycles. The normalized spacial score (nSPS) is 12.6. The molecule has 3 rings (SSSR count). The lowest BCUT2D eigenvalue weighted by Crippen LogP contribution is -2.26. The highest BCUT2D eigenvalue weighted by Gasteiger charge is 2.30. The van der Waals surface area contributed by atoms with Crippen molar-refractivity contribution in [2.45, 2.75) is 37.0 Å². The third-order valence-electron chi connectivity index (χ3n) is 4.15. The van der Waals surface area contributed by atoms with Gasteiger partial charge in [-0.15, -0.1) is 10.2 Å². The monoisotopic (exact) mass is 454 g/mol. The summed E-state index contributed by atoms with van der Waals surface area (Å²) in [5.41, 5.74) is 0.495. The van der Waals surface area contributed by atoms with Crippen molar-refractivity contribution in [3.05, 3.63) is 70.5 Å². The summed E-state index contributed by atoms with van der Waals surface area (Å²) in [6.45, 7) is 3.17. The van der Waals surface area contributed by atoms with E-state index in [1.807, 2.05) is 6.07 Å². The molecule has 158 valence electrons. The zero-order valence-electron chi connectivity index (χ0n) is 16.1. The van der Waals surface area contributed by atoms with Gasteiger partial charge in [0, 0.05) is 17.7 Å². The quantitative estimate of drug-likeness (QED) is 0.504. The van der Waals surface area contributed by atoms with Gasteiger partial charge in [-0.1, -0.05) is 47.6 Å². The van der Waals surface area contributed by atoms with E-state index in [9.17, 15) is 18.0 Å². The molecule has 30 heavy (non-hydrogen) atoms. The third-order valence-corrected chi connectivity index (χ3v) is 5.39. The maximum atomic E-state index is 13.0. The Labute approximate surface area is 180 Å². The van der Waals surface area contributed by atoms with E-state index in [4.69, 9.17) is 11.6 Å². The number of rotatable bonds is 6. The molecule has 0 saturated heterocycles. The molecule has 1 unspecified atom stereocenters. The first kappa shape index (κ1) is 22.2. The summed E-state index contributed by atoms with van der Waals surface area (Å²) >= 11 is 7.37. The van der Waals surface area contributed by atoms with Crippen molar-refractivity contribution in [1.82, 2.24) is 20.1 Å². The van der Waals surface area contributed by atoms with Crippen LogP contribution in [0.4, 0.5) is 13.2 Å². The van der Waals surface area contributed by atoms with Crippen LogP contribution in [0.3, 0.4) is 0 Å². The minimum atomic E-state index is -4.40. The van der Waals surface area contributed by atoms with E-state index in [1.165, 1.54) is 24.8 Å². The van der Waals surface area contributed by atoms with Crippen molar-refractivity contribution in [3.63, 3.8) is 0 Å². The number of thioether (sulfide) groups is 1. The van der Waals surface area contributed by atoms with E-state index in [2.05, 4.69) is 15.5 Å². The second kappa shape index (κ2) is 9.09. The van der Waals surface area contributed by atoms with Crippen molar-refractivity contribution in [2.75, 3.05) is 0 Å². The second-order valence-electron chi connectivity index (χ2n) is 6.57. The van der Waals surface area contributed by atoms with E-state index in [1.54, 1.807) is 35.8 Å². The molecular formula is C20H18ClF3N4OS. The molecule has 1 N–H and O–H groups in total. The molecule has 1 aromatic heterocycles. The predicted molar refractivity (Wildman–Crippen MR) is 110 cm³/mol. The lowest BCUT2D eigenvalue weighted by molar-refractivity contribution is -0.137. The van der Waals surface area contributed by atoms with Crippen molar-refractivity contribution in [1.29, 1.82) is 0 Å². The molecule has 0 spiro atoms. The number of hydrogen-bond acceptors (Lipinski definition) is 4. The van der Waals surface area contributed by atoms with Gasteiger partial charge in [0.15, 0.2) is 11.0 Å². The highest BCUT2D eigenvalue weighted by molar-refractivity contribution is 7.98. The van der Waals surface area contributed by atoms with Crippen LogP contribution in [0.25, 0.3) is 5.69 Å². The van der Waals surface area contributed by atoms with Gasteiger partial charge >= 0.3 is 6.18 Å². The molecule has 0 bridgehead atoms. The van der Waals surface area contributed by atoms with E-state index in [-0.39, 0.29) is 11.7 Å². The van der Waals surface area contributed by atoms with Gasteiger partial charge in [-0.05, 0) is 36.8 Å². The Morgan fingerprint density at radius 2 is 1.93 bits per heavy atom. The van der Waals surface area contributed by atoms with Crippen LogP contribution >= 0.6 is 23.4 Å². The van der Waals surface area contributed by atoms with Crippen LogP contribution in [0, 0.1) is 0 Å². The van der Waals surface area contributed by atoms with Gasteiger partial charge < -0.3 is 5.32 Å². The Kier molecular flexibility index (Phi) is 6.72. The SMILES string of the molecule is CC(=O)NC(C)c1nnc(SCc2cccc(C(F)(F)F)c2)n1-c1cccc(Cl)c1. The van der Waals surface area contributed by atoms with Crippen LogP contribution < -0.4 is 5.32 Å². The highest BCUT2D eigenvalue weighted by Crippen LogP contribution is 2.32. The number of nitrogens with one attached hydrogen (secondary N) is 1. The second-order valence-corrected chi connectivity index (χ2v) is 7.94. The molecule has 0 radical (unpaired) electrons. The molecule has 0 saturated carbocycles. The summed E-state index contributed by atoms with van der Waals surface area (Å²) in [6.07, 6.45) is -4.40. The number of halogens is 4. The summed E-state index contributed by atoms with van der Waals surface area (Å²) in [5, 5.41) is 12.1.